The van der Waals surface area contributed by atoms with E-state index < -0.39 is 0 Å². The van der Waals surface area contributed by atoms with E-state index in [4.69, 9.17) is 10.2 Å². The van der Waals surface area contributed by atoms with Crippen molar-refractivity contribution in [3.63, 3.8) is 0 Å². The van der Waals surface area contributed by atoms with Crippen LogP contribution in [0.2, 0.25) is 0 Å². The van der Waals surface area contributed by atoms with E-state index in [0.717, 1.165) is 28.0 Å². The average molecular weight is 253 g/mol. The molecule has 0 amide bonds. The summed E-state index contributed by atoms with van der Waals surface area (Å²) in [5.41, 5.74) is 10.6. The first kappa shape index (κ1) is 11.7. The van der Waals surface area contributed by atoms with Gasteiger partial charge in [-0.2, -0.15) is 0 Å². The maximum absolute atomic E-state index is 5.60. The smallest absolute Gasteiger partial charge is 0.181 e. The predicted octanol–water partition coefficient (Wildman–Crippen LogP) is 3.05. The van der Waals surface area contributed by atoms with Crippen LogP contribution in [0.5, 0.6) is 0 Å². The molecule has 0 atom stereocenters. The van der Waals surface area contributed by atoms with Crippen molar-refractivity contribution in [2.24, 2.45) is 5.73 Å². The molecule has 0 aliphatic rings. The zero-order chi connectivity index (χ0) is 13.2. The van der Waals surface area contributed by atoms with E-state index in [9.17, 15) is 0 Å². The van der Waals surface area contributed by atoms with E-state index in [-0.39, 0.29) is 0 Å². The summed E-state index contributed by atoms with van der Waals surface area (Å²) >= 11 is 0. The largest absolute Gasteiger partial charge is 0.443 e. The number of oxazole rings is 1. The number of rotatable bonds is 3. The molecule has 0 spiro atoms. The Labute approximate surface area is 111 Å². The van der Waals surface area contributed by atoms with Crippen molar-refractivity contribution in [1.82, 2.24) is 4.98 Å². The third-order valence-corrected chi connectivity index (χ3v) is 3.26. The summed E-state index contributed by atoms with van der Waals surface area (Å²) in [4.78, 5) is 6.21. The van der Waals surface area contributed by atoms with E-state index in [2.05, 4.69) is 22.0 Å². The quantitative estimate of drug-likeness (QED) is 0.779. The molecular weight excluding hydrogens is 238 g/mol. The fourth-order valence-corrected chi connectivity index (χ4v) is 2.06. The molecular formula is C15H15N3O. The zero-order valence-electron chi connectivity index (χ0n) is 10.7. The highest BCUT2D eigenvalue weighted by molar-refractivity contribution is 5.79. The van der Waals surface area contributed by atoms with Crippen LogP contribution in [0.1, 0.15) is 5.56 Å². The Bertz CT molecular complexity index is 688. The molecule has 1 heterocycles. The molecule has 4 heteroatoms. The van der Waals surface area contributed by atoms with E-state index >= 15 is 0 Å². The molecule has 0 fully saturated rings. The SMILES string of the molecule is CN(c1ccc(CN)cc1)c1ccc2ncoc2c1. The maximum Gasteiger partial charge on any atom is 0.181 e. The van der Waals surface area contributed by atoms with Gasteiger partial charge in [-0.15, -0.1) is 0 Å². The third kappa shape index (κ3) is 2.18. The predicted molar refractivity (Wildman–Crippen MR) is 76.4 cm³/mol. The number of nitrogens with two attached hydrogens (primary N) is 1. The fourth-order valence-electron chi connectivity index (χ4n) is 2.06. The second-order valence-corrected chi connectivity index (χ2v) is 4.43. The first-order valence-electron chi connectivity index (χ1n) is 6.14. The van der Waals surface area contributed by atoms with Gasteiger partial charge < -0.3 is 15.1 Å². The van der Waals surface area contributed by atoms with Crippen LogP contribution in [0.3, 0.4) is 0 Å². The number of fused-ring (bicyclic) bond motifs is 1. The highest BCUT2D eigenvalue weighted by atomic mass is 16.3. The van der Waals surface area contributed by atoms with Gasteiger partial charge in [0.1, 0.15) is 5.52 Å². The first-order valence-corrected chi connectivity index (χ1v) is 6.14. The van der Waals surface area contributed by atoms with E-state index in [1.165, 1.54) is 6.39 Å². The van der Waals surface area contributed by atoms with Crippen molar-refractivity contribution in [3.05, 3.63) is 54.4 Å². The van der Waals surface area contributed by atoms with Crippen LogP contribution >= 0.6 is 0 Å². The van der Waals surface area contributed by atoms with Gasteiger partial charge in [0.05, 0.1) is 0 Å². The minimum atomic E-state index is 0.564. The van der Waals surface area contributed by atoms with Crippen LogP contribution in [0.25, 0.3) is 11.1 Å². The Morgan fingerprint density at radius 1 is 1.11 bits per heavy atom. The summed E-state index contributed by atoms with van der Waals surface area (Å²) < 4.78 is 5.33. The van der Waals surface area contributed by atoms with Crippen LogP contribution in [0.4, 0.5) is 11.4 Å². The van der Waals surface area contributed by atoms with Gasteiger partial charge in [0.15, 0.2) is 12.0 Å². The van der Waals surface area contributed by atoms with Crippen LogP contribution in [-0.4, -0.2) is 12.0 Å². The maximum atomic E-state index is 5.60. The van der Waals surface area contributed by atoms with Gasteiger partial charge in [0, 0.05) is 31.0 Å². The Balaban J connectivity index is 1.94. The second-order valence-electron chi connectivity index (χ2n) is 4.43. The van der Waals surface area contributed by atoms with Gasteiger partial charge in [-0.3, -0.25) is 0 Å². The minimum absolute atomic E-state index is 0.564. The summed E-state index contributed by atoms with van der Waals surface area (Å²) in [6, 6.07) is 14.2. The van der Waals surface area contributed by atoms with Crippen molar-refractivity contribution in [1.29, 1.82) is 0 Å². The van der Waals surface area contributed by atoms with Gasteiger partial charge in [0.25, 0.3) is 0 Å². The van der Waals surface area contributed by atoms with Gasteiger partial charge in [0.2, 0.25) is 0 Å². The second kappa shape index (κ2) is 4.74. The standard InChI is InChI=1S/C15H15N3O/c1-18(12-4-2-11(9-16)3-5-12)13-6-7-14-15(8-13)19-10-17-14/h2-8,10H,9,16H2,1H3. The minimum Gasteiger partial charge on any atom is -0.443 e. The molecule has 0 radical (unpaired) electrons. The monoisotopic (exact) mass is 253 g/mol. The summed E-state index contributed by atoms with van der Waals surface area (Å²) in [6.07, 6.45) is 1.46. The lowest BCUT2D eigenvalue weighted by Gasteiger charge is -2.19. The molecule has 2 aromatic carbocycles. The van der Waals surface area contributed by atoms with Crippen LogP contribution in [0.15, 0.2) is 53.3 Å². The number of hydrogen-bond acceptors (Lipinski definition) is 4. The Morgan fingerprint density at radius 3 is 2.58 bits per heavy atom. The van der Waals surface area contributed by atoms with Crippen molar-refractivity contribution in [3.8, 4) is 0 Å². The van der Waals surface area contributed by atoms with Crippen LogP contribution in [-0.2, 0) is 6.54 Å². The van der Waals surface area contributed by atoms with Gasteiger partial charge in [-0.25, -0.2) is 4.98 Å². The lowest BCUT2D eigenvalue weighted by atomic mass is 10.2. The van der Waals surface area contributed by atoms with Crippen molar-refractivity contribution < 1.29 is 4.42 Å². The molecule has 2 N–H and O–H groups in total. The van der Waals surface area contributed by atoms with Gasteiger partial charge in [-0.05, 0) is 29.8 Å². The summed E-state index contributed by atoms with van der Waals surface area (Å²) in [7, 11) is 2.02. The molecule has 0 saturated heterocycles. The summed E-state index contributed by atoms with van der Waals surface area (Å²) in [6.45, 7) is 0.564. The molecule has 0 aliphatic heterocycles. The lowest BCUT2D eigenvalue weighted by molar-refractivity contribution is 0.602. The Hall–Kier alpha value is -2.33. The normalized spacial score (nSPS) is 10.8. The van der Waals surface area contributed by atoms with Crippen LogP contribution in [0, 0.1) is 0 Å². The molecule has 0 bridgehead atoms. The van der Waals surface area contributed by atoms with E-state index in [1.807, 2.05) is 37.4 Å². The van der Waals surface area contributed by atoms with Gasteiger partial charge in [-0.1, -0.05) is 12.1 Å². The molecule has 96 valence electrons. The summed E-state index contributed by atoms with van der Waals surface area (Å²) in [5, 5.41) is 0. The molecule has 4 nitrogen and oxygen atoms in total. The molecule has 0 aliphatic carbocycles. The van der Waals surface area contributed by atoms with Crippen LogP contribution < -0.4 is 10.6 Å². The first-order chi connectivity index (χ1) is 9.28. The summed E-state index contributed by atoms with van der Waals surface area (Å²) in [5.74, 6) is 0. The number of hydrogen-bond donors (Lipinski definition) is 1. The average Bonchev–Trinajstić information content (AvgIpc) is 2.94. The van der Waals surface area contributed by atoms with Crippen molar-refractivity contribution in [2.75, 3.05) is 11.9 Å². The number of nitrogens with zero attached hydrogens (tertiary/aromatic N) is 2. The number of aromatic nitrogens is 1. The zero-order valence-corrected chi connectivity index (χ0v) is 10.7. The molecule has 0 saturated carbocycles. The Kier molecular flexibility index (Phi) is 2.93. The van der Waals surface area contributed by atoms with E-state index in [0.29, 0.717) is 6.54 Å². The molecule has 1 aromatic heterocycles. The highest BCUT2D eigenvalue weighted by Gasteiger charge is 2.06. The molecule has 3 rings (SSSR count). The van der Waals surface area contributed by atoms with Gasteiger partial charge >= 0.3 is 0 Å². The number of benzene rings is 2. The molecule has 0 unspecified atom stereocenters. The van der Waals surface area contributed by atoms with E-state index in [1.54, 1.807) is 0 Å². The van der Waals surface area contributed by atoms with Crippen molar-refractivity contribution in [2.45, 2.75) is 6.54 Å². The molecule has 19 heavy (non-hydrogen) atoms. The fraction of sp³-hybridized carbons (Fsp3) is 0.133. The highest BCUT2D eigenvalue weighted by Crippen LogP contribution is 2.26. The van der Waals surface area contributed by atoms with Crippen molar-refractivity contribution >= 4 is 22.5 Å². The lowest BCUT2D eigenvalue weighted by Crippen LogP contribution is -2.09. The number of anilines is 2. The Morgan fingerprint density at radius 2 is 1.84 bits per heavy atom. The third-order valence-electron chi connectivity index (χ3n) is 3.26. The molecule has 3 aromatic rings. The topological polar surface area (TPSA) is 55.3 Å².